The van der Waals surface area contributed by atoms with Crippen LogP contribution in [0.1, 0.15) is 19.3 Å². The Hall–Kier alpha value is -0.730. The summed E-state index contributed by atoms with van der Waals surface area (Å²) in [5, 5.41) is 25.5. The van der Waals surface area contributed by atoms with E-state index < -0.39 is 25.8 Å². The van der Waals surface area contributed by atoms with Crippen molar-refractivity contribution in [2.45, 2.75) is 19.3 Å². The van der Waals surface area contributed by atoms with Gasteiger partial charge in [-0.15, -0.1) is 7.92 Å². The summed E-state index contributed by atoms with van der Waals surface area (Å²) in [6.45, 7) is 0. The summed E-state index contributed by atoms with van der Waals surface area (Å²) in [4.78, 5) is 31.1. The van der Waals surface area contributed by atoms with Gasteiger partial charge < -0.3 is 15.3 Å². The minimum absolute atomic E-state index is 0. The lowest BCUT2D eigenvalue weighted by molar-refractivity contribution is -0.137. The van der Waals surface area contributed by atoms with E-state index >= 15 is 0 Å². The minimum Gasteiger partial charge on any atom is -0.481 e. The van der Waals surface area contributed by atoms with Crippen molar-refractivity contribution < 1.29 is 29.7 Å². The van der Waals surface area contributed by atoms with E-state index in [4.69, 9.17) is 15.3 Å². The number of hydrogen-bond acceptors (Lipinski definition) is 3. The number of hydrogen-bond donors (Lipinski definition) is 3. The van der Waals surface area contributed by atoms with Gasteiger partial charge >= 0.3 is 17.9 Å². The lowest BCUT2D eigenvalue weighted by Gasteiger charge is -2.14. The van der Waals surface area contributed by atoms with Crippen molar-refractivity contribution in [3.05, 3.63) is 0 Å². The van der Waals surface area contributed by atoms with Crippen LogP contribution >= 0.6 is 17.8 Å². The molecule has 3 N–H and O–H groups in total. The Labute approximate surface area is 104 Å². The highest BCUT2D eigenvalue weighted by atomic mass is 31.1. The first-order valence-electron chi connectivity index (χ1n) is 4.79. The van der Waals surface area contributed by atoms with Crippen molar-refractivity contribution in [2.75, 3.05) is 18.5 Å². The predicted octanol–water partition coefficient (Wildman–Crippen LogP) is 0.951. The van der Waals surface area contributed by atoms with Crippen LogP contribution in [0.25, 0.3) is 0 Å². The van der Waals surface area contributed by atoms with E-state index in [2.05, 4.69) is 0 Å². The molecular weight excluding hydrogens is 266 g/mol. The lowest BCUT2D eigenvalue weighted by atomic mass is 10.5. The highest BCUT2D eigenvalue weighted by Crippen LogP contribution is 2.37. The van der Waals surface area contributed by atoms with Crippen molar-refractivity contribution in [1.82, 2.24) is 0 Å². The van der Waals surface area contributed by atoms with Gasteiger partial charge in [0.05, 0.1) is 0 Å². The zero-order valence-electron chi connectivity index (χ0n) is 9.46. The smallest absolute Gasteiger partial charge is 0.303 e. The molecule has 6 nitrogen and oxygen atoms in total. The van der Waals surface area contributed by atoms with Crippen LogP contribution in [0.2, 0.25) is 0 Å². The molecule has 0 bridgehead atoms. The molecule has 0 saturated heterocycles. The van der Waals surface area contributed by atoms with Crippen LogP contribution < -0.4 is 0 Å². The molecule has 0 aromatic heterocycles. The third-order valence-corrected chi connectivity index (χ3v) is 4.49. The molecule has 8 heteroatoms. The minimum atomic E-state index is -0.932. The van der Waals surface area contributed by atoms with Crippen LogP contribution in [0.3, 0.4) is 0 Å². The molecule has 0 spiro atoms. The van der Waals surface area contributed by atoms with Crippen molar-refractivity contribution in [2.24, 2.45) is 0 Å². The topological polar surface area (TPSA) is 112 Å². The normalized spacial score (nSPS) is 9.71. The largest absolute Gasteiger partial charge is 0.481 e. The maximum atomic E-state index is 10.4. The Morgan fingerprint density at radius 1 is 0.706 bits per heavy atom. The molecule has 17 heavy (non-hydrogen) atoms. The third kappa shape index (κ3) is 13.2. The summed E-state index contributed by atoms with van der Waals surface area (Å²) in [5.41, 5.74) is 0. The molecule has 0 aromatic carbocycles. The maximum absolute atomic E-state index is 10.4. The molecule has 0 aliphatic rings. The molecule has 1 atom stereocenters. The fraction of sp³-hybridized carbons (Fsp3) is 0.667. The fourth-order valence-corrected chi connectivity index (χ4v) is 3.29. The first kappa shape index (κ1) is 18.6. The summed E-state index contributed by atoms with van der Waals surface area (Å²) < 4.78 is 0. The molecule has 0 amide bonds. The zero-order valence-corrected chi connectivity index (χ0v) is 11.8. The zero-order chi connectivity index (χ0) is 12.6. The average Bonchev–Trinajstić information content (AvgIpc) is 2.15. The molecule has 0 heterocycles. The number of aliphatic carboxylic acids is 3. The van der Waals surface area contributed by atoms with Gasteiger partial charge in [0.15, 0.2) is 0 Å². The van der Waals surface area contributed by atoms with Gasteiger partial charge in [-0.25, -0.2) is 0 Å². The number of carboxylic acids is 3. The number of carboxylic acid groups (broad SMARTS) is 3. The number of rotatable bonds is 9. The van der Waals surface area contributed by atoms with Crippen LogP contribution in [0.15, 0.2) is 0 Å². The highest BCUT2D eigenvalue weighted by molar-refractivity contribution is 7.57. The molecule has 0 saturated carbocycles. The van der Waals surface area contributed by atoms with E-state index in [1.54, 1.807) is 0 Å². The fourth-order valence-electron chi connectivity index (χ4n) is 1.10. The van der Waals surface area contributed by atoms with Gasteiger partial charge in [0.2, 0.25) is 0 Å². The first-order valence-corrected chi connectivity index (χ1v) is 6.69. The predicted molar refractivity (Wildman–Crippen MR) is 69.4 cm³/mol. The standard InChI is InChI=1S/C9H15O6P.H3P/c10-7(11)1-4-16(5-2-8(12)13)6-3-9(14)15;/h1-6H2,(H,10,11)(H,12,13)(H,14,15);1H3. The van der Waals surface area contributed by atoms with Crippen molar-refractivity contribution in [3.8, 4) is 0 Å². The molecule has 0 aromatic rings. The Morgan fingerprint density at radius 2 is 0.941 bits per heavy atom. The third-order valence-electron chi connectivity index (χ3n) is 1.93. The molecule has 0 aliphatic carbocycles. The maximum Gasteiger partial charge on any atom is 0.303 e. The van der Waals surface area contributed by atoms with E-state index in [1.165, 1.54) is 0 Å². The van der Waals surface area contributed by atoms with E-state index in [0.717, 1.165) is 0 Å². The number of carbonyl (C=O) groups is 3. The van der Waals surface area contributed by atoms with E-state index in [-0.39, 0.29) is 29.2 Å². The summed E-state index contributed by atoms with van der Waals surface area (Å²) >= 11 is 0. The Morgan fingerprint density at radius 3 is 1.12 bits per heavy atom. The van der Waals surface area contributed by atoms with Gasteiger partial charge in [0, 0.05) is 19.3 Å². The molecule has 100 valence electrons. The molecule has 0 rings (SSSR count). The van der Waals surface area contributed by atoms with Crippen molar-refractivity contribution in [3.63, 3.8) is 0 Å². The lowest BCUT2D eigenvalue weighted by Crippen LogP contribution is -2.07. The average molecular weight is 284 g/mol. The molecule has 0 fully saturated rings. The Kier molecular flexibility index (Phi) is 11.4. The van der Waals surface area contributed by atoms with Gasteiger partial charge in [0.25, 0.3) is 0 Å². The van der Waals surface area contributed by atoms with Crippen molar-refractivity contribution >= 4 is 35.7 Å². The van der Waals surface area contributed by atoms with Gasteiger partial charge in [-0.2, -0.15) is 9.90 Å². The summed E-state index contributed by atoms with van der Waals surface area (Å²) in [7, 11) is -0.801. The Bertz CT molecular complexity index is 225. The Balaban J connectivity index is 0. The van der Waals surface area contributed by atoms with Crippen LogP contribution in [0.5, 0.6) is 0 Å². The summed E-state index contributed by atoms with van der Waals surface area (Å²) in [6.07, 6.45) is 1.11. The second-order valence-electron chi connectivity index (χ2n) is 3.27. The van der Waals surface area contributed by atoms with Crippen molar-refractivity contribution in [1.29, 1.82) is 0 Å². The van der Waals surface area contributed by atoms with Gasteiger partial charge in [0.1, 0.15) is 0 Å². The highest BCUT2D eigenvalue weighted by Gasteiger charge is 2.13. The van der Waals surface area contributed by atoms with Crippen LogP contribution in [0, 0.1) is 0 Å². The van der Waals surface area contributed by atoms with E-state index in [9.17, 15) is 14.4 Å². The quantitative estimate of drug-likeness (QED) is 0.543. The second kappa shape index (κ2) is 10.4. The summed E-state index contributed by atoms with van der Waals surface area (Å²) in [6, 6.07) is 0. The summed E-state index contributed by atoms with van der Waals surface area (Å²) in [5.74, 6) is -2.80. The van der Waals surface area contributed by atoms with Crippen LogP contribution in [-0.4, -0.2) is 51.7 Å². The van der Waals surface area contributed by atoms with E-state index in [0.29, 0.717) is 18.5 Å². The monoisotopic (exact) mass is 284 g/mol. The van der Waals surface area contributed by atoms with Gasteiger partial charge in [-0.05, 0) is 18.5 Å². The first-order chi connectivity index (χ1) is 7.41. The molecule has 0 radical (unpaired) electrons. The molecular formula is C9H18O6P2. The molecule has 1 unspecified atom stereocenters. The van der Waals surface area contributed by atoms with Crippen LogP contribution in [-0.2, 0) is 14.4 Å². The van der Waals surface area contributed by atoms with Gasteiger partial charge in [-0.3, -0.25) is 14.4 Å². The molecule has 0 aliphatic heterocycles. The SMILES string of the molecule is O=C(O)CCP(CCC(=O)O)CCC(=O)O.P. The van der Waals surface area contributed by atoms with Gasteiger partial charge in [-0.1, -0.05) is 0 Å². The van der Waals surface area contributed by atoms with Crippen LogP contribution in [0.4, 0.5) is 0 Å². The second-order valence-corrected chi connectivity index (χ2v) is 5.96. The van der Waals surface area contributed by atoms with E-state index in [1.807, 2.05) is 0 Å².